The third-order valence-electron chi connectivity index (χ3n) is 2.94. The number of hydrogen-bond acceptors (Lipinski definition) is 3. The summed E-state index contributed by atoms with van der Waals surface area (Å²) in [5.41, 5.74) is 0. The van der Waals surface area contributed by atoms with Crippen LogP contribution in [-0.2, 0) is 0 Å². The number of nitrogens with one attached hydrogen (secondary N) is 1. The second kappa shape index (κ2) is 9.39. The molecule has 0 aliphatic heterocycles. The summed E-state index contributed by atoms with van der Waals surface area (Å²) in [6.45, 7) is 4.00. The van der Waals surface area contributed by atoms with Crippen molar-refractivity contribution in [2.45, 2.75) is 45.3 Å². The van der Waals surface area contributed by atoms with E-state index in [9.17, 15) is 19.0 Å². The van der Waals surface area contributed by atoms with E-state index in [1.807, 2.05) is 0 Å². The van der Waals surface area contributed by atoms with Crippen LogP contribution in [0, 0.1) is 5.92 Å². The summed E-state index contributed by atoms with van der Waals surface area (Å²) in [7, 11) is 1.64. The van der Waals surface area contributed by atoms with Gasteiger partial charge in [0.15, 0.2) is 5.11 Å². The Morgan fingerprint density at radius 3 is 2.42 bits per heavy atom. The molecule has 0 aromatic heterocycles. The fourth-order valence-electron chi connectivity index (χ4n) is 1.48. The maximum Gasteiger partial charge on any atom is 0.243 e. The summed E-state index contributed by atoms with van der Waals surface area (Å²) in [5, 5.41) is 22.7. The van der Waals surface area contributed by atoms with Crippen molar-refractivity contribution in [1.82, 2.24) is 10.2 Å². The molecule has 0 amide bonds. The van der Waals surface area contributed by atoms with Gasteiger partial charge in [0.05, 0.1) is 12.2 Å². The first-order valence-electron chi connectivity index (χ1n) is 6.44. The van der Waals surface area contributed by atoms with Crippen molar-refractivity contribution in [3.63, 3.8) is 0 Å². The van der Waals surface area contributed by atoms with Crippen LogP contribution in [0.3, 0.4) is 0 Å². The fourth-order valence-corrected chi connectivity index (χ4v) is 1.65. The highest BCUT2D eigenvalue weighted by atomic mass is 32.1. The molecule has 0 rings (SSSR count). The number of thiocarbonyl (C=S) groups is 1. The first-order valence-corrected chi connectivity index (χ1v) is 6.85. The van der Waals surface area contributed by atoms with Crippen molar-refractivity contribution in [1.29, 1.82) is 0 Å². The first-order chi connectivity index (χ1) is 8.81. The molecule has 4 nitrogen and oxygen atoms in total. The zero-order valence-electron chi connectivity index (χ0n) is 11.6. The summed E-state index contributed by atoms with van der Waals surface area (Å²) < 4.78 is 24.8. The number of aliphatic hydroxyl groups is 2. The quantitative estimate of drug-likeness (QED) is 0.465. The Morgan fingerprint density at radius 1 is 1.37 bits per heavy atom. The third-order valence-corrected chi connectivity index (χ3v) is 3.40. The number of unbranched alkanes of at least 4 members (excludes halogenated alkanes) is 1. The molecule has 0 aliphatic rings. The number of rotatable bonds is 8. The van der Waals surface area contributed by atoms with Gasteiger partial charge in [-0.1, -0.05) is 20.3 Å². The Kier molecular flexibility index (Phi) is 9.12. The molecule has 7 heteroatoms. The number of nitrogens with zero attached hydrogens (tertiary/aromatic N) is 1. The molecule has 0 saturated carbocycles. The lowest BCUT2D eigenvalue weighted by molar-refractivity contribution is -0.0657. The minimum absolute atomic E-state index is 0.0101. The molecule has 0 bridgehead atoms. The Morgan fingerprint density at radius 2 is 1.95 bits per heavy atom. The largest absolute Gasteiger partial charge is 0.390 e. The summed E-state index contributed by atoms with van der Waals surface area (Å²) >= 11 is 5.09. The Labute approximate surface area is 118 Å². The second-order valence-electron chi connectivity index (χ2n) is 4.72. The maximum absolute atomic E-state index is 12.4. The van der Waals surface area contributed by atoms with Crippen LogP contribution in [0.15, 0.2) is 0 Å². The molecule has 0 radical (unpaired) electrons. The van der Waals surface area contributed by atoms with Crippen molar-refractivity contribution < 1.29 is 19.0 Å². The molecule has 0 aromatic carbocycles. The summed E-state index contributed by atoms with van der Waals surface area (Å²) in [4.78, 5) is 1.54. The molecule has 3 N–H and O–H groups in total. The van der Waals surface area contributed by atoms with E-state index in [1.165, 1.54) is 11.8 Å². The normalized spacial score (nSPS) is 16.0. The SMILES string of the molecule is CCCCNC(=S)N(C)CC(O)C(O)C(C)C(F)F. The van der Waals surface area contributed by atoms with Gasteiger partial charge in [-0.2, -0.15) is 0 Å². The number of aliphatic hydroxyl groups excluding tert-OH is 2. The van der Waals surface area contributed by atoms with E-state index in [-0.39, 0.29) is 6.54 Å². The molecule has 3 atom stereocenters. The fraction of sp³-hybridized carbons (Fsp3) is 0.917. The minimum Gasteiger partial charge on any atom is -0.390 e. The first kappa shape index (κ1) is 18.5. The predicted molar refractivity (Wildman–Crippen MR) is 75.3 cm³/mol. The third kappa shape index (κ3) is 6.98. The van der Waals surface area contributed by atoms with Crippen LogP contribution in [0.4, 0.5) is 8.78 Å². The van der Waals surface area contributed by atoms with E-state index in [0.717, 1.165) is 19.4 Å². The van der Waals surface area contributed by atoms with Gasteiger partial charge in [-0.05, 0) is 18.6 Å². The highest BCUT2D eigenvalue weighted by molar-refractivity contribution is 7.80. The molecule has 114 valence electrons. The molecule has 0 heterocycles. The number of hydrogen-bond donors (Lipinski definition) is 3. The molecule has 0 aromatic rings. The lowest BCUT2D eigenvalue weighted by Gasteiger charge is -2.28. The number of alkyl halides is 2. The molecule has 0 fully saturated rings. The van der Waals surface area contributed by atoms with Crippen molar-refractivity contribution in [3.8, 4) is 0 Å². The van der Waals surface area contributed by atoms with Crippen LogP contribution in [0.1, 0.15) is 26.7 Å². The van der Waals surface area contributed by atoms with Crippen LogP contribution < -0.4 is 5.32 Å². The molecule has 19 heavy (non-hydrogen) atoms. The van der Waals surface area contributed by atoms with Crippen LogP contribution in [0.5, 0.6) is 0 Å². The van der Waals surface area contributed by atoms with E-state index >= 15 is 0 Å². The standard InChI is InChI=1S/C12H24F2N2O2S/c1-4-5-6-15-12(19)16(3)7-9(17)10(18)8(2)11(13)14/h8-11,17-18H,4-7H2,1-3H3,(H,15,19). The van der Waals surface area contributed by atoms with Gasteiger partial charge < -0.3 is 20.4 Å². The monoisotopic (exact) mass is 298 g/mol. The molecule has 0 spiro atoms. The molecule has 3 unspecified atom stereocenters. The topological polar surface area (TPSA) is 55.7 Å². The zero-order chi connectivity index (χ0) is 15.0. The molecule has 0 aliphatic carbocycles. The average Bonchev–Trinajstić information content (AvgIpc) is 2.36. The van der Waals surface area contributed by atoms with Gasteiger partial charge in [-0.3, -0.25) is 0 Å². The van der Waals surface area contributed by atoms with Crippen molar-refractivity contribution in [2.75, 3.05) is 20.1 Å². The van der Waals surface area contributed by atoms with Crippen LogP contribution in [0.25, 0.3) is 0 Å². The highest BCUT2D eigenvalue weighted by Crippen LogP contribution is 2.16. The van der Waals surface area contributed by atoms with Gasteiger partial charge >= 0.3 is 0 Å². The van der Waals surface area contributed by atoms with Gasteiger partial charge in [0, 0.05) is 26.1 Å². The summed E-state index contributed by atoms with van der Waals surface area (Å²) in [6.07, 6.45) is -3.39. The van der Waals surface area contributed by atoms with E-state index in [2.05, 4.69) is 12.2 Å². The number of halogens is 2. The van der Waals surface area contributed by atoms with Crippen LogP contribution >= 0.6 is 12.2 Å². The second-order valence-corrected chi connectivity index (χ2v) is 5.10. The Bertz CT molecular complexity index is 270. The van der Waals surface area contributed by atoms with E-state index in [1.54, 1.807) is 7.05 Å². The lowest BCUT2D eigenvalue weighted by atomic mass is 10.00. The van der Waals surface area contributed by atoms with Crippen LogP contribution in [-0.4, -0.2) is 59.0 Å². The number of likely N-dealkylation sites (N-methyl/N-ethyl adjacent to an activating group) is 1. The van der Waals surface area contributed by atoms with Gasteiger partial charge in [-0.15, -0.1) is 0 Å². The average molecular weight is 298 g/mol. The summed E-state index contributed by atoms with van der Waals surface area (Å²) in [5.74, 6) is -1.27. The molecule has 0 saturated heterocycles. The van der Waals surface area contributed by atoms with Gasteiger partial charge in [0.2, 0.25) is 6.43 Å². The minimum atomic E-state index is -2.66. The lowest BCUT2D eigenvalue weighted by Crippen LogP contribution is -2.46. The van der Waals surface area contributed by atoms with Gasteiger partial charge in [-0.25, -0.2) is 8.78 Å². The highest BCUT2D eigenvalue weighted by Gasteiger charge is 2.30. The van der Waals surface area contributed by atoms with Crippen molar-refractivity contribution in [2.24, 2.45) is 5.92 Å². The van der Waals surface area contributed by atoms with Crippen molar-refractivity contribution >= 4 is 17.3 Å². The molecular weight excluding hydrogens is 274 g/mol. The Hall–Kier alpha value is -0.530. The molecular formula is C12H24F2N2O2S. The smallest absolute Gasteiger partial charge is 0.243 e. The van der Waals surface area contributed by atoms with Crippen LogP contribution in [0.2, 0.25) is 0 Å². The van der Waals surface area contributed by atoms with Gasteiger partial charge in [0.1, 0.15) is 0 Å². The predicted octanol–water partition coefficient (Wildman–Crippen LogP) is 1.22. The summed E-state index contributed by atoms with van der Waals surface area (Å²) in [6, 6.07) is 0. The van der Waals surface area contributed by atoms with E-state index in [4.69, 9.17) is 12.2 Å². The van der Waals surface area contributed by atoms with Crippen molar-refractivity contribution in [3.05, 3.63) is 0 Å². The maximum atomic E-state index is 12.4. The van der Waals surface area contributed by atoms with Gasteiger partial charge in [0.25, 0.3) is 0 Å². The van der Waals surface area contributed by atoms with E-state index in [0.29, 0.717) is 5.11 Å². The Balaban J connectivity index is 4.16. The van der Waals surface area contributed by atoms with E-state index < -0.39 is 24.6 Å². The zero-order valence-corrected chi connectivity index (χ0v) is 12.5.